The third-order valence-corrected chi connectivity index (χ3v) is 5.02. The quantitative estimate of drug-likeness (QED) is 0.295. The first-order valence-corrected chi connectivity index (χ1v) is 10.8. The Hall–Kier alpha value is 0.230. The molecule has 1 atom stereocenters. The minimum atomic E-state index is 0.397. The molecule has 0 amide bonds. The molecular formula is C19H40O3S. The van der Waals surface area contributed by atoms with E-state index in [1.54, 1.807) is 7.11 Å². The second-order valence-electron chi connectivity index (χ2n) is 6.08. The van der Waals surface area contributed by atoms with Crippen molar-refractivity contribution in [3.63, 3.8) is 0 Å². The molecule has 140 valence electrons. The van der Waals surface area contributed by atoms with Crippen LogP contribution in [-0.2, 0) is 14.2 Å². The summed E-state index contributed by atoms with van der Waals surface area (Å²) in [6, 6.07) is 0. The van der Waals surface area contributed by atoms with Crippen LogP contribution in [0.4, 0.5) is 0 Å². The van der Waals surface area contributed by atoms with Crippen LogP contribution < -0.4 is 0 Å². The molecule has 0 aromatic carbocycles. The Bertz CT molecular complexity index is 199. The fourth-order valence-electron chi connectivity index (χ4n) is 2.38. The Kier molecular flexibility index (Phi) is 20.5. The van der Waals surface area contributed by atoms with Crippen molar-refractivity contribution >= 4 is 11.8 Å². The standard InChI is InChI=1S/C19H40O3S/c1-4-6-8-10-12-19(18-23-17-11-9-7-5-2)22-16-15-21-14-13-20-3/h19H,4-18H2,1-3H3. The molecule has 1 unspecified atom stereocenters. The maximum atomic E-state index is 6.04. The summed E-state index contributed by atoms with van der Waals surface area (Å²) < 4.78 is 16.5. The van der Waals surface area contributed by atoms with Crippen LogP contribution in [0.15, 0.2) is 0 Å². The minimum Gasteiger partial charge on any atom is -0.382 e. The highest BCUT2D eigenvalue weighted by Crippen LogP contribution is 2.15. The second kappa shape index (κ2) is 20.3. The molecule has 0 aromatic rings. The number of unbranched alkanes of at least 4 members (excludes halogenated alkanes) is 6. The molecule has 0 spiro atoms. The topological polar surface area (TPSA) is 27.7 Å². The summed E-state index contributed by atoms with van der Waals surface area (Å²) in [4.78, 5) is 0. The average molecular weight is 349 g/mol. The van der Waals surface area contributed by atoms with Gasteiger partial charge in [0.15, 0.2) is 0 Å². The molecule has 0 heterocycles. The molecule has 0 N–H and O–H groups in total. The smallest absolute Gasteiger partial charge is 0.0704 e. The Morgan fingerprint density at radius 1 is 0.783 bits per heavy atom. The summed E-state index contributed by atoms with van der Waals surface area (Å²) in [5.41, 5.74) is 0. The molecule has 0 aromatic heterocycles. The molecule has 0 aliphatic heterocycles. The van der Waals surface area contributed by atoms with Crippen LogP contribution in [-0.4, -0.2) is 51.1 Å². The summed E-state index contributed by atoms with van der Waals surface area (Å²) in [6.07, 6.45) is 12.3. The molecule has 3 nitrogen and oxygen atoms in total. The highest BCUT2D eigenvalue weighted by Gasteiger charge is 2.09. The van der Waals surface area contributed by atoms with Crippen molar-refractivity contribution in [3.8, 4) is 0 Å². The molecule has 0 radical (unpaired) electrons. The molecule has 0 saturated carbocycles. The lowest BCUT2D eigenvalue weighted by atomic mass is 10.1. The minimum absolute atomic E-state index is 0.397. The van der Waals surface area contributed by atoms with E-state index in [4.69, 9.17) is 14.2 Å². The average Bonchev–Trinajstić information content (AvgIpc) is 2.57. The van der Waals surface area contributed by atoms with Crippen molar-refractivity contribution in [2.24, 2.45) is 0 Å². The Morgan fingerprint density at radius 3 is 2.17 bits per heavy atom. The summed E-state index contributed by atoms with van der Waals surface area (Å²) >= 11 is 2.06. The van der Waals surface area contributed by atoms with Crippen molar-refractivity contribution in [3.05, 3.63) is 0 Å². The van der Waals surface area contributed by atoms with Crippen molar-refractivity contribution in [2.75, 3.05) is 45.0 Å². The molecule has 4 heteroatoms. The van der Waals surface area contributed by atoms with Gasteiger partial charge in [-0.3, -0.25) is 0 Å². The molecule has 0 saturated heterocycles. The van der Waals surface area contributed by atoms with E-state index >= 15 is 0 Å². The van der Waals surface area contributed by atoms with Gasteiger partial charge in [-0.2, -0.15) is 11.8 Å². The van der Waals surface area contributed by atoms with Gasteiger partial charge in [-0.15, -0.1) is 0 Å². The lowest BCUT2D eigenvalue weighted by Gasteiger charge is -2.18. The first-order valence-electron chi connectivity index (χ1n) is 9.61. The largest absolute Gasteiger partial charge is 0.382 e. The van der Waals surface area contributed by atoms with Crippen molar-refractivity contribution in [1.29, 1.82) is 0 Å². The number of ether oxygens (including phenoxy) is 3. The number of rotatable bonds is 19. The van der Waals surface area contributed by atoms with Gasteiger partial charge in [0, 0.05) is 12.9 Å². The van der Waals surface area contributed by atoms with E-state index < -0.39 is 0 Å². The fourth-order valence-corrected chi connectivity index (χ4v) is 3.48. The van der Waals surface area contributed by atoms with E-state index in [1.807, 2.05) is 0 Å². The van der Waals surface area contributed by atoms with Gasteiger partial charge >= 0.3 is 0 Å². The van der Waals surface area contributed by atoms with Gasteiger partial charge in [0.2, 0.25) is 0 Å². The maximum absolute atomic E-state index is 6.04. The molecule has 0 aliphatic carbocycles. The highest BCUT2D eigenvalue weighted by molar-refractivity contribution is 7.99. The number of methoxy groups -OCH3 is 1. The zero-order chi connectivity index (χ0) is 17.0. The van der Waals surface area contributed by atoms with Crippen molar-refractivity contribution in [2.45, 2.75) is 77.7 Å². The summed E-state index contributed by atoms with van der Waals surface area (Å²) in [6.45, 7) is 7.23. The Balaban J connectivity index is 3.70. The molecule has 0 fully saturated rings. The predicted octanol–water partition coefficient (Wildman–Crippen LogP) is 5.32. The number of hydrogen-bond donors (Lipinski definition) is 0. The van der Waals surface area contributed by atoms with Crippen LogP contribution in [0, 0.1) is 0 Å². The van der Waals surface area contributed by atoms with Crippen molar-refractivity contribution < 1.29 is 14.2 Å². The van der Waals surface area contributed by atoms with Crippen LogP contribution >= 0.6 is 11.8 Å². The zero-order valence-electron chi connectivity index (χ0n) is 15.8. The first kappa shape index (κ1) is 23.2. The van der Waals surface area contributed by atoms with E-state index in [1.165, 1.54) is 63.5 Å². The zero-order valence-corrected chi connectivity index (χ0v) is 16.6. The van der Waals surface area contributed by atoms with Gasteiger partial charge in [0.25, 0.3) is 0 Å². The molecule has 0 bridgehead atoms. The Labute approximate surface area is 149 Å². The number of hydrogen-bond acceptors (Lipinski definition) is 4. The molecule has 0 rings (SSSR count). The lowest BCUT2D eigenvalue weighted by Crippen LogP contribution is -2.20. The molecular weight excluding hydrogens is 308 g/mol. The van der Waals surface area contributed by atoms with E-state index in [-0.39, 0.29) is 0 Å². The maximum Gasteiger partial charge on any atom is 0.0704 e. The van der Waals surface area contributed by atoms with Crippen LogP contribution in [0.3, 0.4) is 0 Å². The van der Waals surface area contributed by atoms with Gasteiger partial charge in [-0.1, -0.05) is 58.8 Å². The van der Waals surface area contributed by atoms with Crippen LogP contribution in [0.2, 0.25) is 0 Å². The first-order chi connectivity index (χ1) is 11.3. The third-order valence-electron chi connectivity index (χ3n) is 3.84. The van der Waals surface area contributed by atoms with Crippen LogP contribution in [0.25, 0.3) is 0 Å². The second-order valence-corrected chi connectivity index (χ2v) is 7.23. The normalized spacial score (nSPS) is 12.7. The van der Waals surface area contributed by atoms with Gasteiger partial charge in [0.05, 0.1) is 32.5 Å². The highest BCUT2D eigenvalue weighted by atomic mass is 32.2. The van der Waals surface area contributed by atoms with Gasteiger partial charge in [-0.25, -0.2) is 0 Å². The van der Waals surface area contributed by atoms with E-state index in [0.29, 0.717) is 32.5 Å². The fraction of sp³-hybridized carbons (Fsp3) is 1.00. The Morgan fingerprint density at radius 2 is 1.48 bits per heavy atom. The summed E-state index contributed by atoms with van der Waals surface area (Å²) in [5, 5.41) is 0. The summed E-state index contributed by atoms with van der Waals surface area (Å²) in [5.74, 6) is 2.41. The SMILES string of the molecule is CCCCCCSCC(CCCCCC)OCCOCCOC. The van der Waals surface area contributed by atoms with Crippen LogP contribution in [0.5, 0.6) is 0 Å². The van der Waals surface area contributed by atoms with Crippen LogP contribution in [0.1, 0.15) is 71.6 Å². The lowest BCUT2D eigenvalue weighted by molar-refractivity contribution is -0.00185. The van der Waals surface area contributed by atoms with E-state index in [2.05, 4.69) is 25.6 Å². The van der Waals surface area contributed by atoms with Gasteiger partial charge in [-0.05, 0) is 18.6 Å². The van der Waals surface area contributed by atoms with E-state index in [0.717, 1.165) is 5.75 Å². The van der Waals surface area contributed by atoms with Crippen molar-refractivity contribution in [1.82, 2.24) is 0 Å². The summed E-state index contributed by atoms with van der Waals surface area (Å²) in [7, 11) is 1.70. The predicted molar refractivity (Wildman–Crippen MR) is 103 cm³/mol. The monoisotopic (exact) mass is 348 g/mol. The van der Waals surface area contributed by atoms with Gasteiger partial charge < -0.3 is 14.2 Å². The van der Waals surface area contributed by atoms with E-state index in [9.17, 15) is 0 Å². The molecule has 0 aliphatic rings. The molecule has 23 heavy (non-hydrogen) atoms. The van der Waals surface area contributed by atoms with Gasteiger partial charge in [0.1, 0.15) is 0 Å². The number of thioether (sulfide) groups is 1. The third kappa shape index (κ3) is 18.4.